The number of rotatable bonds is 4. The number of nitrogens with two attached hydrogens (primary N) is 1. The van der Waals surface area contributed by atoms with Crippen molar-refractivity contribution in [3.63, 3.8) is 0 Å². The highest BCUT2D eigenvalue weighted by atomic mass is 35.5. The lowest BCUT2D eigenvalue weighted by Gasteiger charge is -2.10. The van der Waals surface area contributed by atoms with Gasteiger partial charge in [-0.25, -0.2) is 4.39 Å². The standard InChI is InChI=1S/C14H13ClFNOS/c1-18-13-7-9(17)5-6-14(13)19-8-10-11(15)3-2-4-12(10)16/h2-7H,8,17H2,1H3. The zero-order valence-electron chi connectivity index (χ0n) is 10.3. The molecule has 100 valence electrons. The largest absolute Gasteiger partial charge is 0.496 e. The molecule has 0 aliphatic rings. The molecule has 19 heavy (non-hydrogen) atoms. The number of benzene rings is 2. The molecule has 0 aromatic heterocycles. The van der Waals surface area contributed by atoms with Crippen molar-refractivity contribution in [2.75, 3.05) is 12.8 Å². The Morgan fingerprint density at radius 3 is 2.79 bits per heavy atom. The zero-order valence-corrected chi connectivity index (χ0v) is 11.9. The zero-order chi connectivity index (χ0) is 13.8. The summed E-state index contributed by atoms with van der Waals surface area (Å²) in [4.78, 5) is 0.899. The summed E-state index contributed by atoms with van der Waals surface area (Å²) in [5, 5.41) is 0.432. The third-order valence-electron chi connectivity index (χ3n) is 2.62. The highest BCUT2D eigenvalue weighted by molar-refractivity contribution is 7.98. The minimum atomic E-state index is -0.297. The van der Waals surface area contributed by atoms with Gasteiger partial charge in [-0.15, -0.1) is 11.8 Å². The number of halogens is 2. The van der Waals surface area contributed by atoms with Gasteiger partial charge in [0.2, 0.25) is 0 Å². The maximum atomic E-state index is 13.7. The van der Waals surface area contributed by atoms with Crippen molar-refractivity contribution < 1.29 is 9.13 Å². The van der Waals surface area contributed by atoms with Crippen LogP contribution in [-0.2, 0) is 5.75 Å². The van der Waals surface area contributed by atoms with Gasteiger partial charge in [0.1, 0.15) is 11.6 Å². The van der Waals surface area contributed by atoms with Crippen molar-refractivity contribution in [2.45, 2.75) is 10.6 Å². The smallest absolute Gasteiger partial charge is 0.134 e. The number of nitrogen functional groups attached to an aromatic ring is 1. The maximum absolute atomic E-state index is 13.7. The molecule has 2 aromatic carbocycles. The van der Waals surface area contributed by atoms with Gasteiger partial charge in [-0.1, -0.05) is 17.7 Å². The molecule has 0 atom stereocenters. The average Bonchev–Trinajstić information content (AvgIpc) is 2.39. The molecule has 0 amide bonds. The fourth-order valence-corrected chi connectivity index (χ4v) is 2.97. The lowest BCUT2D eigenvalue weighted by Crippen LogP contribution is -1.92. The first-order valence-electron chi connectivity index (χ1n) is 5.61. The summed E-state index contributed by atoms with van der Waals surface area (Å²) in [6, 6.07) is 10.1. The first-order valence-corrected chi connectivity index (χ1v) is 6.97. The minimum Gasteiger partial charge on any atom is -0.496 e. The number of thioether (sulfide) groups is 1. The molecule has 2 aromatic rings. The van der Waals surface area contributed by atoms with Crippen molar-refractivity contribution in [2.24, 2.45) is 0 Å². The maximum Gasteiger partial charge on any atom is 0.134 e. The van der Waals surface area contributed by atoms with E-state index < -0.39 is 0 Å². The summed E-state index contributed by atoms with van der Waals surface area (Å²) in [6.45, 7) is 0. The van der Waals surface area contributed by atoms with E-state index in [1.807, 2.05) is 6.07 Å². The number of hydrogen-bond donors (Lipinski definition) is 1. The molecule has 5 heteroatoms. The van der Waals surface area contributed by atoms with Crippen LogP contribution >= 0.6 is 23.4 Å². The van der Waals surface area contributed by atoms with E-state index in [1.54, 1.807) is 31.4 Å². The molecule has 0 saturated heterocycles. The summed E-state index contributed by atoms with van der Waals surface area (Å²) >= 11 is 7.45. The Bertz CT molecular complexity index is 571. The number of hydrogen-bond acceptors (Lipinski definition) is 3. The second-order valence-electron chi connectivity index (χ2n) is 3.90. The molecular formula is C14H13ClFNOS. The van der Waals surface area contributed by atoms with Gasteiger partial charge >= 0.3 is 0 Å². The van der Waals surface area contributed by atoms with Gasteiger partial charge in [0.05, 0.1) is 7.11 Å². The predicted octanol–water partition coefficient (Wildman–Crippen LogP) is 4.36. The van der Waals surface area contributed by atoms with Crippen LogP contribution < -0.4 is 10.5 Å². The van der Waals surface area contributed by atoms with Gasteiger partial charge in [0.25, 0.3) is 0 Å². The lowest BCUT2D eigenvalue weighted by molar-refractivity contribution is 0.405. The fourth-order valence-electron chi connectivity index (χ4n) is 1.62. The second-order valence-corrected chi connectivity index (χ2v) is 5.32. The Balaban J connectivity index is 2.19. The van der Waals surface area contributed by atoms with E-state index in [1.165, 1.54) is 17.8 Å². The summed E-state index contributed by atoms with van der Waals surface area (Å²) in [5.41, 5.74) is 6.81. The van der Waals surface area contributed by atoms with Crippen molar-refractivity contribution in [3.8, 4) is 5.75 Å². The number of anilines is 1. The van der Waals surface area contributed by atoms with Gasteiger partial charge in [-0.05, 0) is 24.3 Å². The Labute approximate surface area is 120 Å². The van der Waals surface area contributed by atoms with Crippen LogP contribution in [0.2, 0.25) is 5.02 Å². The molecule has 0 spiro atoms. The molecule has 0 radical (unpaired) electrons. The van der Waals surface area contributed by atoms with Crippen LogP contribution in [0.15, 0.2) is 41.3 Å². The normalized spacial score (nSPS) is 10.5. The molecule has 2 N–H and O–H groups in total. The van der Waals surface area contributed by atoms with Gasteiger partial charge in [-0.3, -0.25) is 0 Å². The van der Waals surface area contributed by atoms with Gasteiger partial charge < -0.3 is 10.5 Å². The lowest BCUT2D eigenvalue weighted by atomic mass is 10.2. The Morgan fingerprint density at radius 1 is 1.32 bits per heavy atom. The molecule has 0 aliphatic heterocycles. The van der Waals surface area contributed by atoms with Crippen molar-refractivity contribution in [3.05, 3.63) is 52.8 Å². The van der Waals surface area contributed by atoms with E-state index in [4.69, 9.17) is 22.1 Å². The molecular weight excluding hydrogens is 285 g/mol. The highest BCUT2D eigenvalue weighted by Crippen LogP contribution is 2.35. The summed E-state index contributed by atoms with van der Waals surface area (Å²) < 4.78 is 18.9. The molecule has 2 rings (SSSR count). The van der Waals surface area contributed by atoms with Crippen molar-refractivity contribution in [1.29, 1.82) is 0 Å². The van der Waals surface area contributed by atoms with E-state index >= 15 is 0 Å². The van der Waals surface area contributed by atoms with Crippen LogP contribution in [0, 0.1) is 5.82 Å². The highest BCUT2D eigenvalue weighted by Gasteiger charge is 2.10. The number of methoxy groups -OCH3 is 1. The molecule has 0 heterocycles. The van der Waals surface area contributed by atoms with Crippen LogP contribution in [0.4, 0.5) is 10.1 Å². The Kier molecular flexibility index (Phi) is 4.56. The van der Waals surface area contributed by atoms with Crippen molar-refractivity contribution >= 4 is 29.1 Å². The molecule has 0 unspecified atom stereocenters. The van der Waals surface area contributed by atoms with E-state index in [0.29, 0.717) is 27.8 Å². The van der Waals surface area contributed by atoms with Crippen LogP contribution in [0.25, 0.3) is 0 Å². The molecule has 0 aliphatic carbocycles. The summed E-state index contributed by atoms with van der Waals surface area (Å²) in [6.07, 6.45) is 0. The minimum absolute atomic E-state index is 0.297. The van der Waals surface area contributed by atoms with Gasteiger partial charge in [-0.2, -0.15) is 0 Å². The third-order valence-corrected chi connectivity index (χ3v) is 4.06. The van der Waals surface area contributed by atoms with E-state index in [2.05, 4.69) is 0 Å². The average molecular weight is 298 g/mol. The first-order chi connectivity index (χ1) is 9.11. The van der Waals surface area contributed by atoms with Crippen LogP contribution in [0.3, 0.4) is 0 Å². The van der Waals surface area contributed by atoms with Crippen LogP contribution in [-0.4, -0.2) is 7.11 Å². The number of ether oxygens (including phenoxy) is 1. The molecule has 0 bridgehead atoms. The van der Waals surface area contributed by atoms with E-state index in [0.717, 1.165) is 4.90 Å². The fraction of sp³-hybridized carbons (Fsp3) is 0.143. The van der Waals surface area contributed by atoms with Crippen LogP contribution in [0.5, 0.6) is 5.75 Å². The van der Waals surface area contributed by atoms with E-state index in [-0.39, 0.29) is 5.82 Å². The van der Waals surface area contributed by atoms with E-state index in [9.17, 15) is 4.39 Å². The Morgan fingerprint density at radius 2 is 2.11 bits per heavy atom. The van der Waals surface area contributed by atoms with Crippen molar-refractivity contribution in [1.82, 2.24) is 0 Å². The van der Waals surface area contributed by atoms with Gasteiger partial charge in [0.15, 0.2) is 0 Å². The summed E-state index contributed by atoms with van der Waals surface area (Å²) in [5.74, 6) is 0.818. The molecule has 0 fully saturated rings. The monoisotopic (exact) mass is 297 g/mol. The quantitative estimate of drug-likeness (QED) is 0.672. The molecule has 2 nitrogen and oxygen atoms in total. The molecule has 0 saturated carbocycles. The third kappa shape index (κ3) is 3.33. The topological polar surface area (TPSA) is 35.2 Å². The van der Waals surface area contributed by atoms with Gasteiger partial charge in [0, 0.05) is 33.0 Å². The Hall–Kier alpha value is -1.39. The first kappa shape index (κ1) is 14.0. The predicted molar refractivity (Wildman–Crippen MR) is 78.4 cm³/mol. The second kappa shape index (κ2) is 6.17. The summed E-state index contributed by atoms with van der Waals surface area (Å²) in [7, 11) is 1.58. The van der Waals surface area contributed by atoms with Crippen LogP contribution in [0.1, 0.15) is 5.56 Å². The SMILES string of the molecule is COc1cc(N)ccc1SCc1c(F)cccc1Cl.